The third-order valence-corrected chi connectivity index (χ3v) is 2.92. The molecule has 0 aliphatic rings. The summed E-state index contributed by atoms with van der Waals surface area (Å²) in [6, 6.07) is 5.22. The van der Waals surface area contributed by atoms with E-state index in [9.17, 15) is 4.79 Å². The van der Waals surface area contributed by atoms with Gasteiger partial charge in [0, 0.05) is 9.92 Å². The van der Waals surface area contributed by atoms with Gasteiger partial charge >= 0.3 is 0 Å². The van der Waals surface area contributed by atoms with Crippen LogP contribution in [0, 0.1) is 0 Å². The average molecular weight is 236 g/mol. The molecule has 0 aliphatic heterocycles. The minimum atomic E-state index is 0.490. The van der Waals surface area contributed by atoms with Gasteiger partial charge in [-0.3, -0.25) is 4.79 Å². The highest BCUT2D eigenvalue weighted by atomic mass is 35.5. The van der Waals surface area contributed by atoms with Gasteiger partial charge < -0.3 is 5.32 Å². The number of thioether (sulfide) groups is 1. The van der Waals surface area contributed by atoms with Crippen LogP contribution >= 0.6 is 35.0 Å². The molecule has 0 unspecified atom stereocenters. The summed E-state index contributed by atoms with van der Waals surface area (Å²) in [5.41, 5.74) is 0. The molecule has 0 spiro atoms. The van der Waals surface area contributed by atoms with Gasteiger partial charge in [0.15, 0.2) is 0 Å². The topological polar surface area (TPSA) is 29.1 Å². The van der Waals surface area contributed by atoms with E-state index in [4.69, 9.17) is 23.2 Å². The number of benzene rings is 1. The van der Waals surface area contributed by atoms with Crippen molar-refractivity contribution in [2.24, 2.45) is 0 Å². The van der Waals surface area contributed by atoms with Crippen LogP contribution in [0.15, 0.2) is 23.1 Å². The first-order valence-electron chi connectivity index (χ1n) is 3.49. The second-order valence-electron chi connectivity index (χ2n) is 2.19. The van der Waals surface area contributed by atoms with Crippen LogP contribution in [-0.4, -0.2) is 12.3 Å². The van der Waals surface area contributed by atoms with Gasteiger partial charge in [0.2, 0.25) is 6.41 Å². The van der Waals surface area contributed by atoms with Crippen LogP contribution in [0.3, 0.4) is 0 Å². The monoisotopic (exact) mass is 235 g/mol. The van der Waals surface area contributed by atoms with Gasteiger partial charge in [0.1, 0.15) is 0 Å². The first kappa shape index (κ1) is 10.7. The molecule has 0 saturated heterocycles. The molecule has 0 saturated carbocycles. The number of nitrogens with one attached hydrogen (secondary N) is 1. The van der Waals surface area contributed by atoms with E-state index >= 15 is 0 Å². The predicted molar refractivity (Wildman–Crippen MR) is 56.4 cm³/mol. The first-order valence-corrected chi connectivity index (χ1v) is 5.23. The zero-order valence-corrected chi connectivity index (χ0v) is 8.92. The molecule has 2 nitrogen and oxygen atoms in total. The maximum Gasteiger partial charge on any atom is 0.207 e. The molecule has 1 N–H and O–H groups in total. The summed E-state index contributed by atoms with van der Waals surface area (Å²) in [6.45, 7) is 0. The van der Waals surface area contributed by atoms with E-state index in [2.05, 4.69) is 5.32 Å². The lowest BCUT2D eigenvalue weighted by atomic mass is 10.4. The molecule has 1 rings (SSSR count). The maximum atomic E-state index is 9.96. The Kier molecular flexibility index (Phi) is 4.42. The second-order valence-corrected chi connectivity index (χ2v) is 4.05. The van der Waals surface area contributed by atoms with Gasteiger partial charge in [-0.25, -0.2) is 0 Å². The largest absolute Gasteiger partial charge is 0.349 e. The van der Waals surface area contributed by atoms with Gasteiger partial charge in [-0.2, -0.15) is 0 Å². The number of carbonyl (C=O) groups excluding carboxylic acids is 1. The summed E-state index contributed by atoms with van der Waals surface area (Å²) in [6.07, 6.45) is 0.644. The predicted octanol–water partition coefficient (Wildman–Crippen LogP) is 2.79. The Morgan fingerprint density at radius 1 is 1.46 bits per heavy atom. The lowest BCUT2D eigenvalue weighted by Gasteiger charge is -2.03. The fourth-order valence-corrected chi connectivity index (χ4v) is 1.98. The molecule has 0 radical (unpaired) electrons. The molecule has 13 heavy (non-hydrogen) atoms. The standard InChI is InChI=1S/C8H7Cl2NOS/c9-6-1-2-7(10)8(3-6)13-5-11-4-12/h1-4H,5H2,(H,11,12). The highest BCUT2D eigenvalue weighted by Crippen LogP contribution is 2.28. The number of carbonyl (C=O) groups is 1. The summed E-state index contributed by atoms with van der Waals surface area (Å²) >= 11 is 13.1. The van der Waals surface area contributed by atoms with Crippen molar-refractivity contribution < 1.29 is 4.79 Å². The fourth-order valence-electron chi connectivity index (χ4n) is 0.741. The molecule has 0 heterocycles. The minimum absolute atomic E-state index is 0.490. The van der Waals surface area contributed by atoms with Crippen LogP contribution in [0.4, 0.5) is 0 Å². The Balaban J connectivity index is 2.64. The van der Waals surface area contributed by atoms with Crippen molar-refractivity contribution in [3.63, 3.8) is 0 Å². The average Bonchev–Trinajstić information content (AvgIpc) is 2.11. The fraction of sp³-hybridized carbons (Fsp3) is 0.125. The smallest absolute Gasteiger partial charge is 0.207 e. The third-order valence-electron chi connectivity index (χ3n) is 1.29. The normalized spacial score (nSPS) is 9.69. The minimum Gasteiger partial charge on any atom is -0.349 e. The van der Waals surface area contributed by atoms with Crippen LogP contribution in [0.2, 0.25) is 10.0 Å². The van der Waals surface area contributed by atoms with E-state index in [-0.39, 0.29) is 0 Å². The molecule has 1 aromatic carbocycles. The summed E-state index contributed by atoms with van der Waals surface area (Å²) in [5.74, 6) is 0.490. The van der Waals surface area contributed by atoms with Crippen LogP contribution in [0.1, 0.15) is 0 Å². The summed E-state index contributed by atoms with van der Waals surface area (Å²) in [5, 5.41) is 3.80. The lowest BCUT2D eigenvalue weighted by Crippen LogP contribution is -2.08. The maximum absolute atomic E-state index is 9.96. The molecule has 0 fully saturated rings. The lowest BCUT2D eigenvalue weighted by molar-refractivity contribution is -0.109. The Morgan fingerprint density at radius 2 is 2.23 bits per heavy atom. The van der Waals surface area contributed by atoms with Crippen LogP contribution in [0.5, 0.6) is 0 Å². The van der Waals surface area contributed by atoms with Crippen molar-refractivity contribution >= 4 is 41.4 Å². The van der Waals surface area contributed by atoms with E-state index in [0.717, 1.165) is 4.90 Å². The van der Waals surface area contributed by atoms with Gasteiger partial charge in [0.05, 0.1) is 10.9 Å². The van der Waals surface area contributed by atoms with E-state index in [0.29, 0.717) is 22.3 Å². The van der Waals surface area contributed by atoms with Crippen molar-refractivity contribution in [1.29, 1.82) is 0 Å². The molecular formula is C8H7Cl2NOS. The van der Waals surface area contributed by atoms with Crippen LogP contribution in [-0.2, 0) is 4.79 Å². The molecular weight excluding hydrogens is 229 g/mol. The summed E-state index contributed by atoms with van der Waals surface area (Å²) in [7, 11) is 0. The molecule has 0 aliphatic carbocycles. The number of amides is 1. The van der Waals surface area contributed by atoms with Gasteiger partial charge in [-0.05, 0) is 18.2 Å². The van der Waals surface area contributed by atoms with Crippen molar-refractivity contribution in [3.8, 4) is 0 Å². The molecule has 5 heteroatoms. The Labute approximate surface area is 90.6 Å². The van der Waals surface area contributed by atoms with Crippen LogP contribution in [0.25, 0.3) is 0 Å². The molecule has 0 aromatic heterocycles. The quantitative estimate of drug-likeness (QED) is 0.377. The third kappa shape index (κ3) is 3.46. The SMILES string of the molecule is O=CNCSc1cc(Cl)ccc1Cl. The zero-order valence-electron chi connectivity index (χ0n) is 6.59. The van der Waals surface area contributed by atoms with Gasteiger partial charge in [0.25, 0.3) is 0 Å². The Bertz CT molecular complexity index is 306. The number of hydrogen-bond donors (Lipinski definition) is 1. The van der Waals surface area contributed by atoms with Crippen molar-refractivity contribution in [2.45, 2.75) is 4.90 Å². The first-order chi connectivity index (χ1) is 6.24. The van der Waals surface area contributed by atoms with Gasteiger partial charge in [-0.15, -0.1) is 11.8 Å². The van der Waals surface area contributed by atoms with E-state index in [1.54, 1.807) is 18.2 Å². The number of halogens is 2. The van der Waals surface area contributed by atoms with Crippen molar-refractivity contribution in [3.05, 3.63) is 28.2 Å². The Morgan fingerprint density at radius 3 is 2.92 bits per heavy atom. The molecule has 1 aromatic rings. The van der Waals surface area contributed by atoms with Crippen LogP contribution < -0.4 is 5.32 Å². The molecule has 0 bridgehead atoms. The molecule has 0 atom stereocenters. The second kappa shape index (κ2) is 5.37. The van der Waals surface area contributed by atoms with Gasteiger partial charge in [-0.1, -0.05) is 23.2 Å². The Hall–Kier alpha value is -0.380. The van der Waals surface area contributed by atoms with E-state index < -0.39 is 0 Å². The number of hydrogen-bond acceptors (Lipinski definition) is 2. The number of rotatable bonds is 4. The van der Waals surface area contributed by atoms with Crippen molar-refractivity contribution in [2.75, 3.05) is 5.88 Å². The van der Waals surface area contributed by atoms with E-state index in [1.807, 2.05) is 0 Å². The molecule has 70 valence electrons. The summed E-state index contributed by atoms with van der Waals surface area (Å²) in [4.78, 5) is 10.8. The molecule has 1 amide bonds. The highest BCUT2D eigenvalue weighted by molar-refractivity contribution is 7.99. The zero-order chi connectivity index (χ0) is 9.68. The van der Waals surface area contributed by atoms with Crippen molar-refractivity contribution in [1.82, 2.24) is 5.32 Å². The van der Waals surface area contributed by atoms with E-state index in [1.165, 1.54) is 11.8 Å². The summed E-state index contributed by atoms with van der Waals surface area (Å²) < 4.78 is 0. The highest BCUT2D eigenvalue weighted by Gasteiger charge is 2.00.